The summed E-state index contributed by atoms with van der Waals surface area (Å²) in [6.07, 6.45) is 8.69. The minimum Gasteiger partial charge on any atom is -0.457 e. The lowest BCUT2D eigenvalue weighted by Gasteiger charge is -2.29. The molecule has 0 radical (unpaired) electrons. The molecule has 2 atom stereocenters. The topological polar surface area (TPSA) is 90.1 Å². The molecule has 164 valence electrons. The van der Waals surface area contributed by atoms with Crippen LogP contribution < -0.4 is 15.8 Å². The summed E-state index contributed by atoms with van der Waals surface area (Å²) in [6, 6.07) is 17.5. The van der Waals surface area contributed by atoms with Crippen molar-refractivity contribution >= 4 is 17.4 Å². The van der Waals surface area contributed by atoms with Gasteiger partial charge in [-0.3, -0.25) is 4.79 Å². The summed E-state index contributed by atoms with van der Waals surface area (Å²) in [5.41, 5.74) is 7.92. The average Bonchev–Trinajstić information content (AvgIpc) is 2.81. The van der Waals surface area contributed by atoms with Crippen molar-refractivity contribution in [1.29, 1.82) is 0 Å². The van der Waals surface area contributed by atoms with E-state index in [2.05, 4.69) is 15.3 Å². The lowest BCUT2D eigenvalue weighted by Crippen LogP contribution is -2.31. The Morgan fingerprint density at radius 2 is 1.81 bits per heavy atom. The van der Waals surface area contributed by atoms with Crippen LogP contribution in [0.1, 0.15) is 32.6 Å². The third-order valence-corrected chi connectivity index (χ3v) is 5.75. The van der Waals surface area contributed by atoms with Crippen molar-refractivity contribution < 1.29 is 9.53 Å². The lowest BCUT2D eigenvalue weighted by atomic mass is 9.83. The summed E-state index contributed by atoms with van der Waals surface area (Å²) in [7, 11) is 0. The molecule has 32 heavy (non-hydrogen) atoms. The molecule has 0 amide bonds. The molecule has 3 aromatic rings. The summed E-state index contributed by atoms with van der Waals surface area (Å²) in [5, 5.41) is 3.53. The lowest BCUT2D eigenvalue weighted by molar-refractivity contribution is -0.119. The van der Waals surface area contributed by atoms with Gasteiger partial charge in [-0.15, -0.1) is 0 Å². The monoisotopic (exact) mass is 428 g/mol. The predicted octanol–water partition coefficient (Wildman–Crippen LogP) is 5.63. The van der Waals surface area contributed by atoms with E-state index in [-0.39, 0.29) is 17.7 Å². The first-order valence-corrected chi connectivity index (χ1v) is 11.0. The fourth-order valence-electron chi connectivity index (χ4n) is 4.18. The second kappa shape index (κ2) is 10.1. The SMILES string of the molecule is C/C=C/C(=O)[C@H]1CCC[C@H](Nc2ncnc(N)c2-c2ccc(Oc3ccccc3)cc2)C1. The van der Waals surface area contributed by atoms with E-state index in [4.69, 9.17) is 10.5 Å². The first kappa shape index (κ1) is 21.6. The Labute approximate surface area is 188 Å². The molecule has 0 aliphatic heterocycles. The van der Waals surface area contributed by atoms with E-state index in [1.54, 1.807) is 6.08 Å². The van der Waals surface area contributed by atoms with Gasteiger partial charge in [-0.1, -0.05) is 42.8 Å². The first-order valence-electron chi connectivity index (χ1n) is 11.0. The average molecular weight is 429 g/mol. The molecule has 6 nitrogen and oxygen atoms in total. The first-order chi connectivity index (χ1) is 15.6. The van der Waals surface area contributed by atoms with Crippen molar-refractivity contribution in [3.05, 3.63) is 73.1 Å². The Kier molecular flexibility index (Phi) is 6.80. The zero-order valence-electron chi connectivity index (χ0n) is 18.2. The molecular weight excluding hydrogens is 400 g/mol. The number of aromatic nitrogens is 2. The Balaban J connectivity index is 1.52. The number of rotatable bonds is 7. The van der Waals surface area contributed by atoms with Gasteiger partial charge in [0.2, 0.25) is 0 Å². The zero-order chi connectivity index (χ0) is 22.3. The molecule has 0 spiro atoms. The van der Waals surface area contributed by atoms with Gasteiger partial charge in [0.15, 0.2) is 5.78 Å². The number of hydrogen-bond donors (Lipinski definition) is 2. The predicted molar refractivity (Wildman–Crippen MR) is 128 cm³/mol. The number of carbonyl (C=O) groups excluding carboxylic acids is 1. The van der Waals surface area contributed by atoms with Crippen molar-refractivity contribution in [2.45, 2.75) is 38.6 Å². The molecule has 1 aliphatic rings. The number of ketones is 1. The minimum atomic E-state index is 0.0505. The summed E-state index contributed by atoms with van der Waals surface area (Å²) >= 11 is 0. The van der Waals surface area contributed by atoms with Crippen LogP contribution in [0.2, 0.25) is 0 Å². The number of ether oxygens (including phenoxy) is 1. The van der Waals surface area contributed by atoms with E-state index in [0.717, 1.165) is 48.3 Å². The highest BCUT2D eigenvalue weighted by Gasteiger charge is 2.27. The molecule has 1 heterocycles. The van der Waals surface area contributed by atoms with Crippen LogP contribution in [0.15, 0.2) is 73.1 Å². The van der Waals surface area contributed by atoms with Gasteiger partial charge < -0.3 is 15.8 Å². The second-order valence-electron chi connectivity index (χ2n) is 8.03. The number of para-hydroxylation sites is 1. The molecule has 1 fully saturated rings. The van der Waals surface area contributed by atoms with Crippen molar-refractivity contribution in [2.24, 2.45) is 5.92 Å². The van der Waals surface area contributed by atoms with Crippen LogP contribution in [0.3, 0.4) is 0 Å². The molecule has 0 unspecified atom stereocenters. The molecule has 2 aromatic carbocycles. The van der Waals surface area contributed by atoms with E-state index in [9.17, 15) is 4.79 Å². The Bertz CT molecular complexity index is 1080. The summed E-state index contributed by atoms with van der Waals surface area (Å²) in [5.74, 6) is 2.88. The highest BCUT2D eigenvalue weighted by Crippen LogP contribution is 2.35. The molecule has 4 rings (SSSR count). The van der Waals surface area contributed by atoms with E-state index in [1.807, 2.05) is 67.6 Å². The van der Waals surface area contributed by atoms with E-state index >= 15 is 0 Å². The van der Waals surface area contributed by atoms with Gasteiger partial charge in [-0.2, -0.15) is 0 Å². The van der Waals surface area contributed by atoms with Crippen LogP contribution in [0.4, 0.5) is 11.6 Å². The van der Waals surface area contributed by atoms with Crippen molar-refractivity contribution in [1.82, 2.24) is 9.97 Å². The van der Waals surface area contributed by atoms with Crippen LogP contribution >= 0.6 is 0 Å². The number of carbonyl (C=O) groups is 1. The third-order valence-electron chi connectivity index (χ3n) is 5.75. The number of hydrogen-bond acceptors (Lipinski definition) is 6. The normalized spacial score (nSPS) is 18.4. The summed E-state index contributed by atoms with van der Waals surface area (Å²) in [6.45, 7) is 1.88. The van der Waals surface area contributed by atoms with Gasteiger partial charge in [0.25, 0.3) is 0 Å². The van der Waals surface area contributed by atoms with Gasteiger partial charge in [0, 0.05) is 12.0 Å². The van der Waals surface area contributed by atoms with Crippen molar-refractivity contribution in [3.8, 4) is 22.6 Å². The molecule has 0 saturated heterocycles. The van der Waals surface area contributed by atoms with Gasteiger partial charge in [0.1, 0.15) is 29.5 Å². The molecule has 1 aromatic heterocycles. The molecule has 3 N–H and O–H groups in total. The number of benzene rings is 2. The number of anilines is 2. The number of nitrogens with one attached hydrogen (secondary N) is 1. The molecular formula is C26H28N4O2. The van der Waals surface area contributed by atoms with Crippen LogP contribution in [0, 0.1) is 5.92 Å². The number of nitrogens with two attached hydrogens (primary N) is 1. The van der Waals surface area contributed by atoms with Gasteiger partial charge in [0.05, 0.1) is 5.56 Å². The van der Waals surface area contributed by atoms with E-state index in [0.29, 0.717) is 11.6 Å². The van der Waals surface area contributed by atoms with Crippen LogP contribution in [0.25, 0.3) is 11.1 Å². The number of allylic oxidation sites excluding steroid dienone is 2. The molecule has 0 bridgehead atoms. The highest BCUT2D eigenvalue weighted by molar-refractivity contribution is 5.91. The van der Waals surface area contributed by atoms with Crippen LogP contribution in [0.5, 0.6) is 11.5 Å². The van der Waals surface area contributed by atoms with Gasteiger partial charge >= 0.3 is 0 Å². The fourth-order valence-corrected chi connectivity index (χ4v) is 4.18. The number of nitrogen functional groups attached to an aromatic ring is 1. The number of nitrogens with zero attached hydrogens (tertiary/aromatic N) is 2. The largest absolute Gasteiger partial charge is 0.457 e. The second-order valence-corrected chi connectivity index (χ2v) is 8.03. The van der Waals surface area contributed by atoms with Gasteiger partial charge in [-0.25, -0.2) is 9.97 Å². The fraction of sp³-hybridized carbons (Fsp3) is 0.269. The maximum atomic E-state index is 12.3. The maximum absolute atomic E-state index is 12.3. The Morgan fingerprint density at radius 1 is 1.06 bits per heavy atom. The van der Waals surface area contributed by atoms with Crippen molar-refractivity contribution in [2.75, 3.05) is 11.1 Å². The highest BCUT2D eigenvalue weighted by atomic mass is 16.5. The van der Waals surface area contributed by atoms with E-state index < -0.39 is 0 Å². The van der Waals surface area contributed by atoms with E-state index in [1.165, 1.54) is 6.33 Å². The molecule has 6 heteroatoms. The molecule has 1 aliphatic carbocycles. The van der Waals surface area contributed by atoms with Crippen molar-refractivity contribution in [3.63, 3.8) is 0 Å². The zero-order valence-corrected chi connectivity index (χ0v) is 18.2. The van der Waals surface area contributed by atoms with Crippen LogP contribution in [-0.4, -0.2) is 21.8 Å². The third kappa shape index (κ3) is 5.14. The summed E-state index contributed by atoms with van der Waals surface area (Å²) in [4.78, 5) is 21.0. The smallest absolute Gasteiger partial charge is 0.158 e. The maximum Gasteiger partial charge on any atom is 0.158 e. The summed E-state index contributed by atoms with van der Waals surface area (Å²) < 4.78 is 5.89. The minimum absolute atomic E-state index is 0.0505. The Morgan fingerprint density at radius 3 is 2.56 bits per heavy atom. The standard InChI is InChI=1S/C26H28N4O2/c1-2-7-23(31)19-8-6-9-20(16-19)30-26-24(25(27)28-17-29-26)18-12-14-22(15-13-18)32-21-10-4-3-5-11-21/h2-5,7,10-15,17,19-20H,6,8-9,16H2,1H3,(H3,27,28,29,30)/b7-2+/t19-,20-/m0/s1. The molecule has 1 saturated carbocycles. The quantitative estimate of drug-likeness (QED) is 0.474. The van der Waals surface area contributed by atoms with Crippen LogP contribution in [-0.2, 0) is 4.79 Å². The Hall–Kier alpha value is -3.67. The van der Waals surface area contributed by atoms with Gasteiger partial charge in [-0.05, 0) is 62.1 Å².